The van der Waals surface area contributed by atoms with Gasteiger partial charge in [0.15, 0.2) is 0 Å². The monoisotopic (exact) mass is 429 g/mol. The Labute approximate surface area is 180 Å². The summed E-state index contributed by atoms with van der Waals surface area (Å²) in [6.45, 7) is 3.93. The zero-order valence-corrected chi connectivity index (χ0v) is 17.6. The molecule has 31 heavy (non-hydrogen) atoms. The zero-order valence-electron chi connectivity index (χ0n) is 17.6. The van der Waals surface area contributed by atoms with Crippen molar-refractivity contribution in [2.24, 2.45) is 0 Å². The summed E-state index contributed by atoms with van der Waals surface area (Å²) in [4.78, 5) is 28.1. The molecule has 2 saturated heterocycles. The molecule has 4 rings (SSSR count). The molecule has 2 atom stereocenters. The third kappa shape index (κ3) is 4.77. The van der Waals surface area contributed by atoms with Crippen LogP contribution in [0.3, 0.4) is 0 Å². The van der Waals surface area contributed by atoms with Crippen molar-refractivity contribution in [2.45, 2.75) is 44.3 Å². The molecule has 2 aliphatic heterocycles. The van der Waals surface area contributed by atoms with Gasteiger partial charge in [-0.1, -0.05) is 6.07 Å². The Morgan fingerprint density at radius 3 is 2.71 bits per heavy atom. The highest BCUT2D eigenvalue weighted by Crippen LogP contribution is 2.32. The van der Waals surface area contributed by atoms with E-state index in [-0.39, 0.29) is 30.2 Å². The lowest BCUT2D eigenvalue weighted by Crippen LogP contribution is -2.48. The number of rotatable bonds is 5. The number of benzene rings is 1. The maximum Gasteiger partial charge on any atom is 0.255 e. The van der Waals surface area contributed by atoms with E-state index in [1.54, 1.807) is 25.4 Å². The van der Waals surface area contributed by atoms with Crippen molar-refractivity contribution in [3.63, 3.8) is 0 Å². The highest BCUT2D eigenvalue weighted by molar-refractivity contribution is 6.04. The highest BCUT2D eigenvalue weighted by Gasteiger charge is 2.38. The Balaban J connectivity index is 1.39. The lowest BCUT2D eigenvalue weighted by Gasteiger charge is -2.38. The molecule has 0 unspecified atom stereocenters. The summed E-state index contributed by atoms with van der Waals surface area (Å²) in [5.74, 6) is -0.739. The van der Waals surface area contributed by atoms with Gasteiger partial charge in [0.25, 0.3) is 5.91 Å². The summed E-state index contributed by atoms with van der Waals surface area (Å²) in [6.07, 6.45) is 5.92. The number of aliphatic hydroxyl groups excluding tert-OH is 1. The van der Waals surface area contributed by atoms with Gasteiger partial charge < -0.3 is 15.3 Å². The number of carbonyl (C=O) groups is 2. The lowest BCUT2D eigenvalue weighted by atomic mass is 10.0. The van der Waals surface area contributed by atoms with E-state index in [0.717, 1.165) is 38.9 Å². The number of piperidine rings is 1. The van der Waals surface area contributed by atoms with E-state index in [4.69, 9.17) is 0 Å². The van der Waals surface area contributed by atoms with Crippen LogP contribution in [0.5, 0.6) is 0 Å². The lowest BCUT2D eigenvalue weighted by molar-refractivity contribution is -0.130. The molecule has 2 aliphatic rings. The quantitative estimate of drug-likeness (QED) is 0.758. The standard InChI is InChI=1S/C22H28FN5O3/c1-15(30)26-7-5-19(6-8-26)27-13-20(10-21(27)14-29)28-12-18(11-24-28)25-22(31)16-3-2-4-17(23)9-16/h2-4,9,11-12,19-21,29H,5-8,10,13-14H2,1H3,(H,25,31)/t20-,21-/m0/s1. The van der Waals surface area contributed by atoms with Gasteiger partial charge in [0, 0.05) is 50.4 Å². The molecule has 166 valence electrons. The number of anilines is 1. The Hall–Kier alpha value is -2.78. The second-order valence-electron chi connectivity index (χ2n) is 8.33. The Bertz CT molecular complexity index is 941. The van der Waals surface area contributed by atoms with E-state index in [2.05, 4.69) is 15.3 Å². The predicted octanol–water partition coefficient (Wildman–Crippen LogP) is 1.89. The first-order chi connectivity index (χ1) is 14.9. The molecule has 9 heteroatoms. The fourth-order valence-electron chi connectivity index (χ4n) is 4.68. The minimum Gasteiger partial charge on any atom is -0.395 e. The van der Waals surface area contributed by atoms with Crippen molar-refractivity contribution < 1.29 is 19.1 Å². The second-order valence-corrected chi connectivity index (χ2v) is 8.33. The average Bonchev–Trinajstić information content (AvgIpc) is 3.40. The molecular formula is C22H28FN5O3. The van der Waals surface area contributed by atoms with Gasteiger partial charge in [0.05, 0.1) is 24.5 Å². The molecule has 2 fully saturated rings. The Kier molecular flexibility index (Phi) is 6.33. The highest BCUT2D eigenvalue weighted by atomic mass is 19.1. The molecule has 1 aromatic carbocycles. The van der Waals surface area contributed by atoms with Crippen LogP contribution in [0.1, 0.15) is 42.6 Å². The maximum atomic E-state index is 13.4. The molecule has 2 amide bonds. The van der Waals surface area contributed by atoms with E-state index >= 15 is 0 Å². The molecule has 0 aliphatic carbocycles. The number of hydrogen-bond donors (Lipinski definition) is 2. The van der Waals surface area contributed by atoms with Crippen LogP contribution in [0, 0.1) is 5.82 Å². The third-order valence-electron chi connectivity index (χ3n) is 6.34. The largest absolute Gasteiger partial charge is 0.395 e. The van der Waals surface area contributed by atoms with Gasteiger partial charge in [0.1, 0.15) is 5.82 Å². The number of halogens is 1. The molecule has 0 spiro atoms. The van der Waals surface area contributed by atoms with E-state index < -0.39 is 11.7 Å². The van der Waals surface area contributed by atoms with Crippen molar-refractivity contribution >= 4 is 17.5 Å². The zero-order chi connectivity index (χ0) is 22.0. The number of likely N-dealkylation sites (tertiary alicyclic amines) is 2. The fourth-order valence-corrected chi connectivity index (χ4v) is 4.68. The van der Waals surface area contributed by atoms with Crippen molar-refractivity contribution in [3.8, 4) is 0 Å². The summed E-state index contributed by atoms with van der Waals surface area (Å²) in [5.41, 5.74) is 0.792. The summed E-state index contributed by atoms with van der Waals surface area (Å²) < 4.78 is 15.2. The molecule has 2 N–H and O–H groups in total. The first-order valence-corrected chi connectivity index (χ1v) is 10.7. The third-order valence-corrected chi connectivity index (χ3v) is 6.34. The first-order valence-electron chi connectivity index (χ1n) is 10.7. The molecule has 3 heterocycles. The summed E-state index contributed by atoms with van der Waals surface area (Å²) in [7, 11) is 0. The molecule has 0 radical (unpaired) electrons. The smallest absolute Gasteiger partial charge is 0.255 e. The number of nitrogens with one attached hydrogen (secondary N) is 1. The molecular weight excluding hydrogens is 401 g/mol. The molecule has 2 aromatic rings. The fraction of sp³-hybridized carbons (Fsp3) is 0.500. The first kappa shape index (κ1) is 21.5. The number of nitrogens with zero attached hydrogens (tertiary/aromatic N) is 4. The second kappa shape index (κ2) is 9.15. The van der Waals surface area contributed by atoms with Crippen molar-refractivity contribution in [1.29, 1.82) is 0 Å². The number of amides is 2. The SMILES string of the molecule is CC(=O)N1CCC(N2C[C@@H](n3cc(NC(=O)c4cccc(F)c4)cn3)C[C@H]2CO)CC1. The van der Waals surface area contributed by atoms with Gasteiger partial charge in [0.2, 0.25) is 5.91 Å². The van der Waals surface area contributed by atoms with E-state index in [1.165, 1.54) is 18.2 Å². The molecule has 1 aromatic heterocycles. The molecule has 0 bridgehead atoms. The number of aliphatic hydroxyl groups is 1. The normalized spacial score (nSPS) is 22.6. The minimum atomic E-state index is -0.460. The minimum absolute atomic E-state index is 0.0495. The van der Waals surface area contributed by atoms with E-state index in [9.17, 15) is 19.1 Å². The van der Waals surface area contributed by atoms with Crippen LogP contribution < -0.4 is 5.32 Å². The van der Waals surface area contributed by atoms with Crippen LogP contribution in [-0.2, 0) is 4.79 Å². The summed E-state index contributed by atoms with van der Waals surface area (Å²) in [5, 5.41) is 17.1. The summed E-state index contributed by atoms with van der Waals surface area (Å²) >= 11 is 0. The van der Waals surface area contributed by atoms with Gasteiger partial charge in [-0.2, -0.15) is 5.10 Å². The number of carbonyl (C=O) groups excluding carboxylic acids is 2. The van der Waals surface area contributed by atoms with Crippen molar-refractivity contribution in [3.05, 3.63) is 48.0 Å². The van der Waals surface area contributed by atoms with Crippen molar-refractivity contribution in [2.75, 3.05) is 31.6 Å². The van der Waals surface area contributed by atoms with Crippen LogP contribution >= 0.6 is 0 Å². The van der Waals surface area contributed by atoms with Crippen LogP contribution in [0.15, 0.2) is 36.7 Å². The van der Waals surface area contributed by atoms with E-state index in [1.807, 2.05) is 9.58 Å². The van der Waals surface area contributed by atoms with Gasteiger partial charge in [-0.25, -0.2) is 4.39 Å². The van der Waals surface area contributed by atoms with Gasteiger partial charge >= 0.3 is 0 Å². The Morgan fingerprint density at radius 1 is 1.26 bits per heavy atom. The number of hydrogen-bond acceptors (Lipinski definition) is 5. The summed E-state index contributed by atoms with van der Waals surface area (Å²) in [6, 6.07) is 6.01. The van der Waals surface area contributed by atoms with Crippen LogP contribution in [0.2, 0.25) is 0 Å². The van der Waals surface area contributed by atoms with Gasteiger partial charge in [-0.15, -0.1) is 0 Å². The number of aromatic nitrogens is 2. The Morgan fingerprint density at radius 2 is 2.03 bits per heavy atom. The predicted molar refractivity (Wildman–Crippen MR) is 113 cm³/mol. The van der Waals surface area contributed by atoms with Crippen LogP contribution in [-0.4, -0.2) is 74.8 Å². The molecule has 0 saturated carbocycles. The van der Waals surface area contributed by atoms with E-state index in [0.29, 0.717) is 11.7 Å². The van der Waals surface area contributed by atoms with Crippen LogP contribution in [0.4, 0.5) is 10.1 Å². The van der Waals surface area contributed by atoms with Gasteiger partial charge in [-0.3, -0.25) is 19.2 Å². The van der Waals surface area contributed by atoms with Gasteiger partial charge in [-0.05, 0) is 37.5 Å². The topological polar surface area (TPSA) is 90.7 Å². The van der Waals surface area contributed by atoms with Crippen LogP contribution in [0.25, 0.3) is 0 Å². The average molecular weight is 429 g/mol. The van der Waals surface area contributed by atoms with Crippen molar-refractivity contribution in [1.82, 2.24) is 19.6 Å². The molecule has 8 nitrogen and oxygen atoms in total. The maximum absolute atomic E-state index is 13.4.